The molecule has 0 radical (unpaired) electrons. The molecule has 0 bridgehead atoms. The van der Waals surface area contributed by atoms with Crippen molar-refractivity contribution in [3.8, 4) is 5.75 Å². The standard InChI is InChI=1S/C18H30N2O3/c1-17(2,3)20-10-18(4,22)11-23-16-7-5-6-12-8-15(21)14(19)9-13(12)16/h5-7,14-15,20-22H,8-11,19H2,1-4H3/t14-,15-,18?/m1/s1. The van der Waals surface area contributed by atoms with E-state index in [1.54, 1.807) is 6.92 Å². The zero-order valence-electron chi connectivity index (χ0n) is 14.6. The van der Waals surface area contributed by atoms with E-state index in [2.05, 4.69) is 26.1 Å². The van der Waals surface area contributed by atoms with Gasteiger partial charge in [-0.2, -0.15) is 0 Å². The molecular formula is C18H30N2O3. The molecule has 1 aliphatic carbocycles. The van der Waals surface area contributed by atoms with Crippen molar-refractivity contribution in [1.29, 1.82) is 0 Å². The van der Waals surface area contributed by atoms with Gasteiger partial charge in [-0.05, 0) is 51.3 Å². The number of β-amino-alcohol motifs (C(OH)–C–C–N with tert-alkyl or cyclic N) is 1. The number of hydrogen-bond donors (Lipinski definition) is 4. The van der Waals surface area contributed by atoms with Crippen LogP contribution in [0.5, 0.6) is 5.75 Å². The number of hydrogen-bond acceptors (Lipinski definition) is 5. The van der Waals surface area contributed by atoms with E-state index in [0.29, 0.717) is 19.4 Å². The molecule has 1 aromatic carbocycles. The van der Waals surface area contributed by atoms with Crippen LogP contribution in [0.25, 0.3) is 0 Å². The largest absolute Gasteiger partial charge is 0.490 e. The van der Waals surface area contributed by atoms with Crippen molar-refractivity contribution >= 4 is 0 Å². The Morgan fingerprint density at radius 1 is 1.26 bits per heavy atom. The summed E-state index contributed by atoms with van der Waals surface area (Å²) in [4.78, 5) is 0. The smallest absolute Gasteiger partial charge is 0.122 e. The quantitative estimate of drug-likeness (QED) is 0.649. The van der Waals surface area contributed by atoms with E-state index in [0.717, 1.165) is 16.9 Å². The van der Waals surface area contributed by atoms with Crippen molar-refractivity contribution in [3.05, 3.63) is 29.3 Å². The van der Waals surface area contributed by atoms with Crippen LogP contribution in [0.2, 0.25) is 0 Å². The molecule has 0 aromatic heterocycles. The van der Waals surface area contributed by atoms with E-state index in [1.165, 1.54) is 0 Å². The second kappa shape index (κ2) is 6.77. The van der Waals surface area contributed by atoms with Gasteiger partial charge in [0.1, 0.15) is 18.0 Å². The summed E-state index contributed by atoms with van der Waals surface area (Å²) in [6.07, 6.45) is 0.641. The van der Waals surface area contributed by atoms with E-state index in [-0.39, 0.29) is 18.2 Å². The molecule has 0 saturated heterocycles. The summed E-state index contributed by atoms with van der Waals surface area (Å²) in [6.45, 7) is 8.59. The predicted molar refractivity (Wildman–Crippen MR) is 91.7 cm³/mol. The lowest BCUT2D eigenvalue weighted by molar-refractivity contribution is 0.00719. The predicted octanol–water partition coefficient (Wildman–Crippen LogP) is 0.991. The molecule has 0 amide bonds. The van der Waals surface area contributed by atoms with Crippen LogP contribution in [0.1, 0.15) is 38.8 Å². The van der Waals surface area contributed by atoms with Gasteiger partial charge in [-0.1, -0.05) is 12.1 Å². The Morgan fingerprint density at radius 3 is 2.61 bits per heavy atom. The minimum Gasteiger partial charge on any atom is -0.490 e. The lowest BCUT2D eigenvalue weighted by atomic mass is 9.86. The average molecular weight is 322 g/mol. The first-order valence-electron chi connectivity index (χ1n) is 8.22. The molecule has 23 heavy (non-hydrogen) atoms. The van der Waals surface area contributed by atoms with Gasteiger partial charge in [0.2, 0.25) is 0 Å². The van der Waals surface area contributed by atoms with Gasteiger partial charge in [-0.3, -0.25) is 0 Å². The Labute approximate surface area is 138 Å². The molecule has 2 rings (SSSR count). The van der Waals surface area contributed by atoms with Crippen LogP contribution in [0.4, 0.5) is 0 Å². The number of nitrogens with two attached hydrogens (primary N) is 1. The van der Waals surface area contributed by atoms with Gasteiger partial charge in [0.15, 0.2) is 0 Å². The minimum absolute atomic E-state index is 0.0567. The third kappa shape index (κ3) is 5.18. The fourth-order valence-electron chi connectivity index (χ4n) is 2.66. The highest BCUT2D eigenvalue weighted by molar-refractivity contribution is 5.43. The van der Waals surface area contributed by atoms with Crippen molar-refractivity contribution in [2.75, 3.05) is 13.2 Å². The monoisotopic (exact) mass is 322 g/mol. The molecule has 3 atom stereocenters. The van der Waals surface area contributed by atoms with Crippen molar-refractivity contribution < 1.29 is 14.9 Å². The zero-order valence-corrected chi connectivity index (χ0v) is 14.6. The van der Waals surface area contributed by atoms with Gasteiger partial charge >= 0.3 is 0 Å². The van der Waals surface area contributed by atoms with Crippen molar-refractivity contribution in [2.24, 2.45) is 5.73 Å². The summed E-state index contributed by atoms with van der Waals surface area (Å²) in [6, 6.07) is 5.54. The van der Waals surface area contributed by atoms with Gasteiger partial charge in [-0.15, -0.1) is 0 Å². The van der Waals surface area contributed by atoms with Gasteiger partial charge in [0.25, 0.3) is 0 Å². The molecule has 0 saturated carbocycles. The van der Waals surface area contributed by atoms with E-state index >= 15 is 0 Å². The maximum atomic E-state index is 10.5. The van der Waals surface area contributed by atoms with Crippen LogP contribution in [0, 0.1) is 0 Å². The molecule has 1 aromatic rings. The SMILES string of the molecule is CC(O)(CNC(C)(C)C)COc1cccc2c1C[C@@H](N)[C@H](O)C2. The summed E-state index contributed by atoms with van der Waals surface area (Å²) in [5.41, 5.74) is 7.07. The maximum Gasteiger partial charge on any atom is 0.122 e. The first-order valence-corrected chi connectivity index (χ1v) is 8.22. The van der Waals surface area contributed by atoms with E-state index in [1.807, 2.05) is 18.2 Å². The molecule has 1 unspecified atom stereocenters. The van der Waals surface area contributed by atoms with Crippen LogP contribution >= 0.6 is 0 Å². The van der Waals surface area contributed by atoms with Gasteiger partial charge in [0.05, 0.1) is 6.10 Å². The third-order valence-corrected chi connectivity index (χ3v) is 4.13. The molecule has 5 nitrogen and oxygen atoms in total. The number of aliphatic hydroxyl groups is 2. The first-order chi connectivity index (χ1) is 10.6. The van der Waals surface area contributed by atoms with E-state index in [9.17, 15) is 10.2 Å². The Morgan fingerprint density at radius 2 is 1.96 bits per heavy atom. The fraction of sp³-hybridized carbons (Fsp3) is 0.667. The molecule has 0 spiro atoms. The Balaban J connectivity index is 2.03. The average Bonchev–Trinajstić information content (AvgIpc) is 2.44. The number of benzene rings is 1. The number of ether oxygens (including phenoxy) is 1. The lowest BCUT2D eigenvalue weighted by Gasteiger charge is -2.31. The molecule has 5 N–H and O–H groups in total. The minimum atomic E-state index is -0.966. The zero-order chi connectivity index (χ0) is 17.3. The summed E-state index contributed by atoms with van der Waals surface area (Å²) in [7, 11) is 0. The van der Waals surface area contributed by atoms with E-state index in [4.69, 9.17) is 10.5 Å². The Kier molecular flexibility index (Phi) is 5.36. The molecule has 5 heteroatoms. The highest BCUT2D eigenvalue weighted by atomic mass is 16.5. The van der Waals surface area contributed by atoms with Crippen molar-refractivity contribution in [1.82, 2.24) is 5.32 Å². The molecular weight excluding hydrogens is 292 g/mol. The maximum absolute atomic E-state index is 10.5. The van der Waals surface area contributed by atoms with Crippen LogP contribution in [-0.4, -0.2) is 46.7 Å². The van der Waals surface area contributed by atoms with Crippen LogP contribution in [0.15, 0.2) is 18.2 Å². The lowest BCUT2D eigenvalue weighted by Crippen LogP contribution is -2.49. The number of rotatable bonds is 5. The summed E-state index contributed by atoms with van der Waals surface area (Å²) in [5, 5.41) is 23.7. The molecule has 0 fully saturated rings. The third-order valence-electron chi connectivity index (χ3n) is 4.13. The summed E-state index contributed by atoms with van der Waals surface area (Å²) in [5.74, 6) is 0.751. The first kappa shape index (κ1) is 18.2. The molecule has 0 aliphatic heterocycles. The number of aliphatic hydroxyl groups excluding tert-OH is 1. The van der Waals surface area contributed by atoms with Crippen LogP contribution in [-0.2, 0) is 12.8 Å². The second-order valence-electron chi connectivity index (χ2n) is 7.92. The second-order valence-corrected chi connectivity index (χ2v) is 7.92. The van der Waals surface area contributed by atoms with Crippen molar-refractivity contribution in [3.63, 3.8) is 0 Å². The van der Waals surface area contributed by atoms with Crippen LogP contribution < -0.4 is 15.8 Å². The highest BCUT2D eigenvalue weighted by Gasteiger charge is 2.28. The van der Waals surface area contributed by atoms with Crippen molar-refractivity contribution in [2.45, 2.75) is 63.8 Å². The molecule has 1 aliphatic rings. The Hall–Kier alpha value is -1.14. The Bertz CT molecular complexity index is 538. The number of fused-ring (bicyclic) bond motifs is 1. The molecule has 130 valence electrons. The van der Waals surface area contributed by atoms with Gasteiger partial charge in [0, 0.05) is 24.5 Å². The van der Waals surface area contributed by atoms with E-state index < -0.39 is 11.7 Å². The summed E-state index contributed by atoms with van der Waals surface area (Å²) < 4.78 is 5.89. The highest BCUT2D eigenvalue weighted by Crippen LogP contribution is 2.30. The van der Waals surface area contributed by atoms with Gasteiger partial charge < -0.3 is 26.0 Å². The van der Waals surface area contributed by atoms with Crippen LogP contribution in [0.3, 0.4) is 0 Å². The topological polar surface area (TPSA) is 87.7 Å². The molecule has 0 heterocycles. The fourth-order valence-corrected chi connectivity index (χ4v) is 2.66. The normalized spacial score (nSPS) is 24.0. The summed E-state index contributed by atoms with van der Waals surface area (Å²) >= 11 is 0. The number of nitrogens with one attached hydrogen (secondary N) is 1. The van der Waals surface area contributed by atoms with Gasteiger partial charge in [-0.25, -0.2) is 0 Å².